The summed E-state index contributed by atoms with van der Waals surface area (Å²) in [5, 5.41) is 17.9. The molecule has 0 radical (unpaired) electrons. The summed E-state index contributed by atoms with van der Waals surface area (Å²) >= 11 is 0. The first-order valence-electron chi connectivity index (χ1n) is 11.6. The van der Waals surface area contributed by atoms with Crippen LogP contribution in [0.15, 0.2) is 60.9 Å². The van der Waals surface area contributed by atoms with E-state index < -0.39 is 29.4 Å². The molecule has 0 fully saturated rings. The molecule has 3 rings (SSSR count). The van der Waals surface area contributed by atoms with Gasteiger partial charge in [0.05, 0.1) is 17.7 Å². The predicted octanol–water partition coefficient (Wildman–Crippen LogP) is 8.40. The topological polar surface area (TPSA) is 87.3 Å². The molecule has 1 heterocycles. The molecular formula is C27H31F6N3O3. The molecule has 1 aromatic heterocycles. The second-order valence-corrected chi connectivity index (χ2v) is 8.60. The van der Waals surface area contributed by atoms with Crippen molar-refractivity contribution >= 4 is 28.8 Å². The van der Waals surface area contributed by atoms with E-state index in [0.717, 1.165) is 12.7 Å². The van der Waals surface area contributed by atoms with Crippen LogP contribution in [0.4, 0.5) is 32.0 Å². The number of halogens is 6. The van der Waals surface area contributed by atoms with E-state index in [2.05, 4.69) is 54.7 Å². The minimum atomic E-state index is -4.84. The Hall–Kier alpha value is -3.96. The number of hydrogen-bond acceptors (Lipinski definition) is 4. The van der Waals surface area contributed by atoms with Crippen molar-refractivity contribution in [3.8, 4) is 5.75 Å². The normalized spacial score (nSPS) is 11.2. The standard InChI is InChI=1S/C14H18N2O.C11H9F6N.C2H4O2/c1-11(2)16-8-6-12-10-13(4-5-14(12)16)17-9-3-7-15;1-6(2)18-9-4-7(10(12,13)14)3-8(5-9)11(15,16)17;1-2(3)4/h4-8,10-11,15H,3,9H2,1-2H3;3-5,18H,1H2,2H3;1H3,(H,3,4). The molecule has 0 atom stereocenters. The van der Waals surface area contributed by atoms with Crippen molar-refractivity contribution in [2.24, 2.45) is 0 Å². The van der Waals surface area contributed by atoms with Gasteiger partial charge in [0.15, 0.2) is 0 Å². The largest absolute Gasteiger partial charge is 0.493 e. The smallest absolute Gasteiger partial charge is 0.416 e. The van der Waals surface area contributed by atoms with Crippen LogP contribution in [0.2, 0.25) is 0 Å². The highest BCUT2D eigenvalue weighted by Crippen LogP contribution is 2.37. The van der Waals surface area contributed by atoms with Gasteiger partial charge in [-0.25, -0.2) is 0 Å². The van der Waals surface area contributed by atoms with Crippen molar-refractivity contribution in [3.05, 3.63) is 72.1 Å². The van der Waals surface area contributed by atoms with E-state index in [0.29, 0.717) is 31.2 Å². The Bertz CT molecular complexity index is 1230. The van der Waals surface area contributed by atoms with E-state index in [-0.39, 0.29) is 17.5 Å². The van der Waals surface area contributed by atoms with Crippen molar-refractivity contribution in [1.29, 1.82) is 5.41 Å². The van der Waals surface area contributed by atoms with Crippen molar-refractivity contribution in [3.63, 3.8) is 0 Å². The third kappa shape index (κ3) is 11.5. The van der Waals surface area contributed by atoms with E-state index in [1.54, 1.807) is 0 Å². The predicted molar refractivity (Wildman–Crippen MR) is 139 cm³/mol. The highest BCUT2D eigenvalue weighted by Gasteiger charge is 2.36. The molecule has 2 aromatic carbocycles. The van der Waals surface area contributed by atoms with Crippen molar-refractivity contribution < 1.29 is 41.0 Å². The molecule has 0 aliphatic rings. The van der Waals surface area contributed by atoms with Crippen LogP contribution >= 0.6 is 0 Å². The molecule has 0 bridgehead atoms. The number of benzene rings is 2. The summed E-state index contributed by atoms with van der Waals surface area (Å²) in [5.74, 6) is 0.0425. The molecule has 0 unspecified atom stereocenters. The Morgan fingerprint density at radius 2 is 1.59 bits per heavy atom. The van der Waals surface area contributed by atoms with Crippen LogP contribution < -0.4 is 10.1 Å². The molecule has 0 amide bonds. The first kappa shape index (κ1) is 33.1. The number of fused-ring (bicyclic) bond motifs is 1. The van der Waals surface area contributed by atoms with Crippen molar-refractivity contribution in [2.45, 2.75) is 52.5 Å². The Balaban J connectivity index is 0.000000343. The SMILES string of the molecule is C=C(C)Nc1cc(C(F)(F)F)cc(C(F)(F)F)c1.CC(=O)O.CC(C)n1ccc2cc(OCCC=N)ccc21. The lowest BCUT2D eigenvalue weighted by molar-refractivity contribution is -0.143. The number of allylic oxidation sites excluding steroid dienone is 1. The van der Waals surface area contributed by atoms with E-state index in [1.165, 1.54) is 24.0 Å². The number of carboxylic acid groups (broad SMARTS) is 1. The zero-order valence-electron chi connectivity index (χ0n) is 21.9. The number of aromatic nitrogens is 1. The Kier molecular flexibility index (Phi) is 12.1. The fraction of sp³-hybridized carbons (Fsp3) is 0.333. The zero-order valence-corrected chi connectivity index (χ0v) is 21.9. The second kappa shape index (κ2) is 14.3. The molecule has 6 nitrogen and oxygen atoms in total. The molecule has 0 aliphatic carbocycles. The van der Waals surface area contributed by atoms with Crippen molar-refractivity contribution in [1.82, 2.24) is 4.57 Å². The number of ether oxygens (including phenoxy) is 1. The fourth-order valence-corrected chi connectivity index (χ4v) is 3.19. The summed E-state index contributed by atoms with van der Waals surface area (Å²) < 4.78 is 82.5. The number of hydrogen-bond donors (Lipinski definition) is 3. The lowest BCUT2D eigenvalue weighted by atomic mass is 10.1. The van der Waals surface area contributed by atoms with Crippen LogP contribution in [-0.2, 0) is 17.1 Å². The number of anilines is 1. The summed E-state index contributed by atoms with van der Waals surface area (Å²) in [5.41, 5.74) is -1.55. The average molecular weight is 560 g/mol. The van der Waals surface area contributed by atoms with Gasteiger partial charge >= 0.3 is 12.4 Å². The van der Waals surface area contributed by atoms with Crippen LogP contribution in [0, 0.1) is 5.41 Å². The lowest BCUT2D eigenvalue weighted by Gasteiger charge is -2.15. The molecule has 0 aliphatic heterocycles. The lowest BCUT2D eigenvalue weighted by Crippen LogP contribution is -2.11. The van der Waals surface area contributed by atoms with Gasteiger partial charge < -0.3 is 25.1 Å². The quantitative estimate of drug-likeness (QED) is 0.154. The summed E-state index contributed by atoms with van der Waals surface area (Å²) in [6.07, 6.45) is -5.55. The zero-order chi connectivity index (χ0) is 30.0. The summed E-state index contributed by atoms with van der Waals surface area (Å²) in [7, 11) is 0. The van der Waals surface area contributed by atoms with E-state index in [1.807, 2.05) is 6.07 Å². The first-order chi connectivity index (χ1) is 17.9. The van der Waals surface area contributed by atoms with Gasteiger partial charge in [-0.05, 0) is 69.5 Å². The molecule has 39 heavy (non-hydrogen) atoms. The monoisotopic (exact) mass is 559 g/mol. The minimum absolute atomic E-state index is 0.0730. The van der Waals surface area contributed by atoms with Gasteiger partial charge in [-0.1, -0.05) is 6.58 Å². The van der Waals surface area contributed by atoms with E-state index in [4.69, 9.17) is 20.0 Å². The van der Waals surface area contributed by atoms with Gasteiger partial charge in [0.1, 0.15) is 5.75 Å². The third-order valence-electron chi connectivity index (χ3n) is 4.72. The van der Waals surface area contributed by atoms with E-state index in [9.17, 15) is 26.3 Å². The maximum atomic E-state index is 12.5. The fourth-order valence-electron chi connectivity index (χ4n) is 3.19. The van der Waals surface area contributed by atoms with Crippen LogP contribution in [0.5, 0.6) is 5.75 Å². The number of carbonyl (C=O) groups is 1. The molecular weight excluding hydrogens is 528 g/mol. The summed E-state index contributed by atoms with van der Waals surface area (Å²) in [4.78, 5) is 9.00. The average Bonchev–Trinajstić information content (AvgIpc) is 3.21. The van der Waals surface area contributed by atoms with Gasteiger partial charge in [0.25, 0.3) is 5.97 Å². The maximum Gasteiger partial charge on any atom is 0.416 e. The third-order valence-corrected chi connectivity index (χ3v) is 4.72. The highest BCUT2D eigenvalue weighted by molar-refractivity contribution is 5.81. The van der Waals surface area contributed by atoms with Crippen LogP contribution in [0.25, 0.3) is 10.9 Å². The molecule has 214 valence electrons. The first-order valence-corrected chi connectivity index (χ1v) is 11.6. The summed E-state index contributed by atoms with van der Waals surface area (Å²) in [6.45, 7) is 10.8. The van der Waals surface area contributed by atoms with Gasteiger partial charge in [-0.2, -0.15) is 26.3 Å². The number of carboxylic acids is 1. The molecule has 0 saturated heterocycles. The van der Waals surface area contributed by atoms with E-state index >= 15 is 0 Å². The molecule has 12 heteroatoms. The number of nitrogens with zero attached hydrogens (tertiary/aromatic N) is 1. The Labute approximate surface area is 222 Å². The van der Waals surface area contributed by atoms with Gasteiger partial charge in [-0.15, -0.1) is 0 Å². The Morgan fingerprint density at radius 1 is 1.05 bits per heavy atom. The number of rotatable bonds is 7. The molecule has 3 N–H and O–H groups in total. The number of alkyl halides is 6. The van der Waals surface area contributed by atoms with Crippen LogP contribution in [-0.4, -0.2) is 28.5 Å². The van der Waals surface area contributed by atoms with Crippen LogP contribution in [0.1, 0.15) is 51.3 Å². The van der Waals surface area contributed by atoms with Gasteiger partial charge in [0.2, 0.25) is 0 Å². The second-order valence-electron chi connectivity index (χ2n) is 8.60. The maximum absolute atomic E-state index is 12.5. The molecule has 3 aromatic rings. The van der Waals surface area contributed by atoms with Crippen LogP contribution in [0.3, 0.4) is 0 Å². The number of aliphatic carboxylic acids is 1. The molecule has 0 spiro atoms. The summed E-state index contributed by atoms with van der Waals surface area (Å²) in [6, 6.07) is 9.99. The number of nitrogens with one attached hydrogen (secondary N) is 2. The van der Waals surface area contributed by atoms with Crippen molar-refractivity contribution in [2.75, 3.05) is 11.9 Å². The Morgan fingerprint density at radius 3 is 2.03 bits per heavy atom. The highest BCUT2D eigenvalue weighted by atomic mass is 19.4. The minimum Gasteiger partial charge on any atom is -0.493 e. The molecule has 0 saturated carbocycles. The van der Waals surface area contributed by atoms with Gasteiger partial charge in [0, 0.05) is 47.9 Å². The van der Waals surface area contributed by atoms with Gasteiger partial charge in [-0.3, -0.25) is 4.79 Å².